The summed E-state index contributed by atoms with van der Waals surface area (Å²) in [6.45, 7) is 10.1. The van der Waals surface area contributed by atoms with Crippen molar-refractivity contribution in [2.75, 3.05) is 6.54 Å². The number of nitrogens with zero attached hydrogens (tertiary/aromatic N) is 2. The Labute approximate surface area is 200 Å². The van der Waals surface area contributed by atoms with Crippen molar-refractivity contribution in [2.45, 2.75) is 47.1 Å². The molecule has 0 aliphatic carbocycles. The molecule has 0 saturated heterocycles. The third kappa shape index (κ3) is 5.12. The Bertz CT molecular complexity index is 1280. The molecular formula is C28H30ClN3O. The fraction of sp³-hybridized carbons (Fsp3) is 0.286. The molecule has 1 heterocycles. The Hall–Kier alpha value is -3.11. The normalized spacial score (nSPS) is 11.2. The number of nitrogens with one attached hydrogen (secondary N) is 1. The molecule has 1 N–H and O–H groups in total. The number of hydrogen-bond acceptors (Lipinski definition) is 2. The number of carbonyl (C=O) groups is 1. The predicted octanol–water partition coefficient (Wildman–Crippen LogP) is 5.87. The van der Waals surface area contributed by atoms with Crippen LogP contribution in [0, 0.1) is 27.7 Å². The van der Waals surface area contributed by atoms with Gasteiger partial charge in [0.25, 0.3) is 0 Å². The van der Waals surface area contributed by atoms with E-state index in [2.05, 4.69) is 61.8 Å². The van der Waals surface area contributed by atoms with Crippen molar-refractivity contribution in [2.24, 2.45) is 0 Å². The van der Waals surface area contributed by atoms with Gasteiger partial charge in [0, 0.05) is 24.5 Å². The Morgan fingerprint density at radius 1 is 0.970 bits per heavy atom. The van der Waals surface area contributed by atoms with Crippen molar-refractivity contribution in [1.29, 1.82) is 0 Å². The third-order valence-electron chi connectivity index (χ3n) is 6.52. The van der Waals surface area contributed by atoms with Crippen LogP contribution in [-0.4, -0.2) is 22.0 Å². The molecule has 0 spiro atoms. The van der Waals surface area contributed by atoms with E-state index in [1.165, 1.54) is 27.8 Å². The third-order valence-corrected chi connectivity index (χ3v) is 6.77. The summed E-state index contributed by atoms with van der Waals surface area (Å²) >= 11 is 5.93. The van der Waals surface area contributed by atoms with Gasteiger partial charge in [-0.05, 0) is 85.3 Å². The first-order valence-electron chi connectivity index (χ1n) is 11.3. The van der Waals surface area contributed by atoms with Crippen LogP contribution in [0.15, 0.2) is 54.6 Å². The highest BCUT2D eigenvalue weighted by molar-refractivity contribution is 6.30. The molecule has 0 unspecified atom stereocenters. The second-order valence-electron chi connectivity index (χ2n) is 8.75. The van der Waals surface area contributed by atoms with Gasteiger partial charge in [-0.3, -0.25) is 4.79 Å². The summed E-state index contributed by atoms with van der Waals surface area (Å²) in [5, 5.41) is 3.72. The molecule has 170 valence electrons. The molecule has 4 nitrogen and oxygen atoms in total. The van der Waals surface area contributed by atoms with E-state index in [-0.39, 0.29) is 5.91 Å². The summed E-state index contributed by atoms with van der Waals surface area (Å²) in [5.41, 5.74) is 9.70. The first-order valence-corrected chi connectivity index (χ1v) is 11.7. The quantitative estimate of drug-likeness (QED) is 0.375. The van der Waals surface area contributed by atoms with E-state index in [1.54, 1.807) is 0 Å². The monoisotopic (exact) mass is 459 g/mol. The SMILES string of the molecule is Cc1cc(C)c(C)c(Cn2c(CCNC(=O)Cc3ccc(Cl)cc3)nc3ccccc32)c1C. The summed E-state index contributed by atoms with van der Waals surface area (Å²) < 4.78 is 2.30. The molecule has 0 aliphatic heterocycles. The lowest BCUT2D eigenvalue weighted by Crippen LogP contribution is -2.28. The van der Waals surface area contributed by atoms with Crippen molar-refractivity contribution in [3.05, 3.63) is 98.8 Å². The van der Waals surface area contributed by atoms with Gasteiger partial charge in [0.05, 0.1) is 17.5 Å². The molecule has 3 aromatic carbocycles. The van der Waals surface area contributed by atoms with Crippen LogP contribution in [0.2, 0.25) is 5.02 Å². The van der Waals surface area contributed by atoms with E-state index in [4.69, 9.17) is 16.6 Å². The van der Waals surface area contributed by atoms with Crippen LogP contribution in [-0.2, 0) is 24.2 Å². The minimum Gasteiger partial charge on any atom is -0.355 e. The molecule has 0 fully saturated rings. The van der Waals surface area contributed by atoms with Crippen molar-refractivity contribution >= 4 is 28.5 Å². The highest BCUT2D eigenvalue weighted by Gasteiger charge is 2.15. The molecule has 0 aliphatic rings. The molecule has 4 aromatic rings. The summed E-state index contributed by atoms with van der Waals surface area (Å²) in [5.74, 6) is 0.988. The number of aromatic nitrogens is 2. The zero-order valence-electron chi connectivity index (χ0n) is 19.7. The maximum atomic E-state index is 12.4. The zero-order valence-corrected chi connectivity index (χ0v) is 20.5. The maximum absolute atomic E-state index is 12.4. The summed E-state index contributed by atoms with van der Waals surface area (Å²) in [4.78, 5) is 17.3. The highest BCUT2D eigenvalue weighted by Crippen LogP contribution is 2.25. The number of benzene rings is 3. The predicted molar refractivity (Wildman–Crippen MR) is 136 cm³/mol. The lowest BCUT2D eigenvalue weighted by Gasteiger charge is -2.18. The van der Waals surface area contributed by atoms with E-state index in [9.17, 15) is 4.79 Å². The van der Waals surface area contributed by atoms with Crippen molar-refractivity contribution in [1.82, 2.24) is 14.9 Å². The Morgan fingerprint density at radius 2 is 1.64 bits per heavy atom. The van der Waals surface area contributed by atoms with Crippen molar-refractivity contribution < 1.29 is 4.79 Å². The van der Waals surface area contributed by atoms with Gasteiger partial charge >= 0.3 is 0 Å². The van der Waals surface area contributed by atoms with Crippen LogP contribution in [0.3, 0.4) is 0 Å². The minimum absolute atomic E-state index is 0.000909. The number of halogens is 1. The molecule has 0 bridgehead atoms. The van der Waals surface area contributed by atoms with Crippen LogP contribution in [0.1, 0.15) is 39.2 Å². The fourth-order valence-electron chi connectivity index (χ4n) is 4.35. The fourth-order valence-corrected chi connectivity index (χ4v) is 4.48. The Balaban J connectivity index is 1.53. The average molecular weight is 460 g/mol. The maximum Gasteiger partial charge on any atom is 0.224 e. The van der Waals surface area contributed by atoms with Gasteiger partial charge < -0.3 is 9.88 Å². The van der Waals surface area contributed by atoms with Crippen molar-refractivity contribution in [3.63, 3.8) is 0 Å². The zero-order chi connectivity index (χ0) is 23.5. The van der Waals surface area contributed by atoms with Gasteiger partial charge in [-0.1, -0.05) is 41.9 Å². The largest absolute Gasteiger partial charge is 0.355 e. The van der Waals surface area contributed by atoms with Crippen LogP contribution < -0.4 is 5.32 Å². The molecule has 5 heteroatoms. The lowest BCUT2D eigenvalue weighted by atomic mass is 9.94. The van der Waals surface area contributed by atoms with Gasteiger partial charge in [-0.25, -0.2) is 4.98 Å². The van der Waals surface area contributed by atoms with E-state index in [0.717, 1.165) is 29.0 Å². The molecule has 1 amide bonds. The Kier molecular flexibility index (Phi) is 6.85. The van der Waals surface area contributed by atoms with Crippen LogP contribution >= 0.6 is 11.6 Å². The number of para-hydroxylation sites is 2. The first kappa shape index (κ1) is 23.1. The summed E-state index contributed by atoms with van der Waals surface area (Å²) in [7, 11) is 0. The van der Waals surface area contributed by atoms with Crippen LogP contribution in [0.25, 0.3) is 11.0 Å². The number of fused-ring (bicyclic) bond motifs is 1. The molecule has 0 atom stereocenters. The number of carbonyl (C=O) groups excluding carboxylic acids is 1. The van der Waals surface area contributed by atoms with Gasteiger partial charge in [0.15, 0.2) is 0 Å². The highest BCUT2D eigenvalue weighted by atomic mass is 35.5. The molecule has 4 rings (SSSR count). The molecule has 0 radical (unpaired) electrons. The smallest absolute Gasteiger partial charge is 0.224 e. The summed E-state index contributed by atoms with van der Waals surface area (Å²) in [6, 6.07) is 17.9. The Morgan fingerprint density at radius 3 is 2.33 bits per heavy atom. The number of imidazole rings is 1. The van der Waals surface area contributed by atoms with E-state index in [1.807, 2.05) is 30.3 Å². The molecular weight excluding hydrogens is 430 g/mol. The summed E-state index contributed by atoms with van der Waals surface area (Å²) in [6.07, 6.45) is 1.01. The lowest BCUT2D eigenvalue weighted by molar-refractivity contribution is -0.120. The minimum atomic E-state index is 0.000909. The number of aryl methyl sites for hydroxylation is 2. The van der Waals surface area contributed by atoms with E-state index in [0.29, 0.717) is 24.4 Å². The van der Waals surface area contributed by atoms with Gasteiger partial charge in [-0.2, -0.15) is 0 Å². The number of rotatable bonds is 7. The topological polar surface area (TPSA) is 46.9 Å². The molecule has 33 heavy (non-hydrogen) atoms. The van der Waals surface area contributed by atoms with Gasteiger partial charge in [-0.15, -0.1) is 0 Å². The first-order chi connectivity index (χ1) is 15.8. The standard InChI is InChI=1S/C28H30ClN3O/c1-18-15-19(2)21(4)24(20(18)3)17-32-26-8-6-5-7-25(26)31-27(32)13-14-30-28(33)16-22-9-11-23(29)12-10-22/h5-12,15H,13-14,16-17H2,1-4H3,(H,30,33). The van der Waals surface area contributed by atoms with Crippen molar-refractivity contribution in [3.8, 4) is 0 Å². The van der Waals surface area contributed by atoms with E-state index < -0.39 is 0 Å². The van der Waals surface area contributed by atoms with Crippen LogP contribution in [0.5, 0.6) is 0 Å². The van der Waals surface area contributed by atoms with E-state index >= 15 is 0 Å². The number of hydrogen-bond donors (Lipinski definition) is 1. The van der Waals surface area contributed by atoms with Crippen LogP contribution in [0.4, 0.5) is 0 Å². The second-order valence-corrected chi connectivity index (χ2v) is 9.18. The molecule has 0 saturated carbocycles. The second kappa shape index (κ2) is 9.80. The average Bonchev–Trinajstić information content (AvgIpc) is 3.14. The molecule has 1 aromatic heterocycles. The number of amides is 1. The van der Waals surface area contributed by atoms with Gasteiger partial charge in [0.2, 0.25) is 5.91 Å². The van der Waals surface area contributed by atoms with Gasteiger partial charge in [0.1, 0.15) is 5.82 Å².